The van der Waals surface area contributed by atoms with E-state index in [4.69, 9.17) is 11.6 Å². The van der Waals surface area contributed by atoms with Crippen LogP contribution in [0.4, 0.5) is 19.0 Å². The number of hydrogen-bond donors (Lipinski definition) is 0. The number of aromatic nitrogens is 1. The maximum atomic E-state index is 13.5. The van der Waals surface area contributed by atoms with Crippen LogP contribution in [0.1, 0.15) is 36.8 Å². The SMILES string of the molecule is O=C(N1CCCN(c2ccc(C(F)(F)F)cn2)CC1)C1(c2ccc(Cl)cc2)CCC1. The molecule has 30 heavy (non-hydrogen) atoms. The molecule has 0 radical (unpaired) electrons. The van der Waals surface area contributed by atoms with E-state index >= 15 is 0 Å². The Hall–Kier alpha value is -2.28. The van der Waals surface area contributed by atoms with Crippen LogP contribution >= 0.6 is 11.6 Å². The molecule has 0 unspecified atom stereocenters. The first-order valence-corrected chi connectivity index (χ1v) is 10.5. The van der Waals surface area contributed by atoms with Crippen LogP contribution < -0.4 is 4.90 Å². The third-order valence-electron chi connectivity index (χ3n) is 6.20. The molecular weight excluding hydrogens is 415 g/mol. The van der Waals surface area contributed by atoms with E-state index in [1.165, 1.54) is 6.07 Å². The summed E-state index contributed by atoms with van der Waals surface area (Å²) in [6, 6.07) is 9.99. The number of pyridine rings is 1. The van der Waals surface area contributed by atoms with Gasteiger partial charge in [0, 0.05) is 37.4 Å². The van der Waals surface area contributed by atoms with Crippen molar-refractivity contribution < 1.29 is 18.0 Å². The van der Waals surface area contributed by atoms with Crippen molar-refractivity contribution >= 4 is 23.3 Å². The van der Waals surface area contributed by atoms with Gasteiger partial charge in [0.1, 0.15) is 5.82 Å². The number of carbonyl (C=O) groups excluding carboxylic acids is 1. The summed E-state index contributed by atoms with van der Waals surface area (Å²) >= 11 is 6.01. The summed E-state index contributed by atoms with van der Waals surface area (Å²) in [4.78, 5) is 21.3. The number of nitrogens with zero attached hydrogens (tertiary/aromatic N) is 3. The highest BCUT2D eigenvalue weighted by atomic mass is 35.5. The summed E-state index contributed by atoms with van der Waals surface area (Å²) in [6.45, 7) is 2.35. The molecule has 1 aliphatic heterocycles. The van der Waals surface area contributed by atoms with Gasteiger partial charge in [-0.3, -0.25) is 4.79 Å². The highest BCUT2D eigenvalue weighted by Gasteiger charge is 2.47. The highest BCUT2D eigenvalue weighted by molar-refractivity contribution is 6.30. The molecule has 8 heteroatoms. The molecule has 1 aromatic carbocycles. The molecule has 1 saturated carbocycles. The Kier molecular flexibility index (Phi) is 5.66. The van der Waals surface area contributed by atoms with E-state index in [-0.39, 0.29) is 5.91 Å². The zero-order valence-electron chi connectivity index (χ0n) is 16.5. The largest absolute Gasteiger partial charge is 0.417 e. The fourth-order valence-electron chi connectivity index (χ4n) is 4.32. The standard InChI is InChI=1S/C22H23ClF3N3O/c23-18-6-3-16(4-7-18)21(9-1-10-21)20(30)29-12-2-11-28(13-14-29)19-8-5-17(15-27-19)22(24,25)26/h3-8,15H,1-2,9-14H2. The summed E-state index contributed by atoms with van der Waals surface area (Å²) in [5.74, 6) is 0.645. The van der Waals surface area contributed by atoms with Crippen molar-refractivity contribution in [2.45, 2.75) is 37.3 Å². The molecule has 2 aliphatic rings. The van der Waals surface area contributed by atoms with Crippen molar-refractivity contribution in [1.29, 1.82) is 0 Å². The Morgan fingerprint density at radius 2 is 1.70 bits per heavy atom. The molecule has 0 N–H and O–H groups in total. The Bertz CT molecular complexity index is 895. The quantitative estimate of drug-likeness (QED) is 0.684. The van der Waals surface area contributed by atoms with Crippen LogP contribution in [-0.2, 0) is 16.4 Å². The number of halogens is 4. The first kappa shape index (κ1) is 21.0. The lowest BCUT2D eigenvalue weighted by atomic mass is 9.63. The van der Waals surface area contributed by atoms with Crippen LogP contribution in [0.3, 0.4) is 0 Å². The van der Waals surface area contributed by atoms with Crippen molar-refractivity contribution in [3.8, 4) is 0 Å². The van der Waals surface area contributed by atoms with Gasteiger partial charge in [-0.05, 0) is 49.1 Å². The number of hydrogen-bond acceptors (Lipinski definition) is 3. The van der Waals surface area contributed by atoms with Gasteiger partial charge < -0.3 is 9.80 Å². The fourth-order valence-corrected chi connectivity index (χ4v) is 4.44. The molecule has 2 heterocycles. The second-order valence-corrected chi connectivity index (χ2v) is 8.41. The number of alkyl halides is 3. The van der Waals surface area contributed by atoms with Gasteiger partial charge in [0.05, 0.1) is 11.0 Å². The van der Waals surface area contributed by atoms with Gasteiger partial charge in [0.2, 0.25) is 5.91 Å². The molecule has 2 aromatic rings. The molecule has 1 amide bonds. The fraction of sp³-hybridized carbons (Fsp3) is 0.455. The average molecular weight is 438 g/mol. The Balaban J connectivity index is 1.46. The van der Waals surface area contributed by atoms with Crippen molar-refractivity contribution in [3.05, 3.63) is 58.7 Å². The molecule has 1 aliphatic carbocycles. The smallest absolute Gasteiger partial charge is 0.355 e. The lowest BCUT2D eigenvalue weighted by molar-refractivity contribution is -0.140. The van der Waals surface area contributed by atoms with E-state index in [1.54, 1.807) is 0 Å². The first-order chi connectivity index (χ1) is 14.3. The summed E-state index contributed by atoms with van der Waals surface area (Å²) < 4.78 is 38.3. The average Bonchev–Trinajstić information content (AvgIpc) is 2.94. The second kappa shape index (κ2) is 8.10. The molecular formula is C22H23ClF3N3O. The van der Waals surface area contributed by atoms with Gasteiger partial charge in [-0.25, -0.2) is 4.98 Å². The van der Waals surface area contributed by atoms with Crippen molar-refractivity contribution in [2.24, 2.45) is 0 Å². The van der Waals surface area contributed by atoms with Gasteiger partial charge in [-0.2, -0.15) is 13.2 Å². The molecule has 2 fully saturated rings. The number of carbonyl (C=O) groups is 1. The highest BCUT2D eigenvalue weighted by Crippen LogP contribution is 2.45. The van der Waals surface area contributed by atoms with Crippen LogP contribution in [-0.4, -0.2) is 42.0 Å². The van der Waals surface area contributed by atoms with E-state index in [0.717, 1.165) is 43.5 Å². The minimum Gasteiger partial charge on any atom is -0.355 e. The third kappa shape index (κ3) is 4.00. The normalized spacial score (nSPS) is 19.2. The van der Waals surface area contributed by atoms with Crippen molar-refractivity contribution in [1.82, 2.24) is 9.88 Å². The summed E-state index contributed by atoms with van der Waals surface area (Å²) in [7, 11) is 0. The number of amides is 1. The van der Waals surface area contributed by atoms with Gasteiger partial charge in [-0.1, -0.05) is 30.2 Å². The molecule has 1 aromatic heterocycles. The maximum Gasteiger partial charge on any atom is 0.417 e. The molecule has 0 atom stereocenters. The summed E-state index contributed by atoms with van der Waals surface area (Å²) in [5, 5.41) is 0.648. The monoisotopic (exact) mass is 437 g/mol. The minimum atomic E-state index is -4.40. The van der Waals surface area contributed by atoms with Crippen LogP contribution in [0, 0.1) is 0 Å². The zero-order chi connectivity index (χ0) is 21.4. The van der Waals surface area contributed by atoms with E-state index < -0.39 is 17.2 Å². The van der Waals surface area contributed by atoms with E-state index in [0.29, 0.717) is 37.0 Å². The van der Waals surface area contributed by atoms with Crippen LogP contribution in [0.2, 0.25) is 5.02 Å². The Labute approximate surface area is 178 Å². The minimum absolute atomic E-state index is 0.137. The van der Waals surface area contributed by atoms with E-state index in [1.807, 2.05) is 34.1 Å². The van der Waals surface area contributed by atoms with E-state index in [9.17, 15) is 18.0 Å². The van der Waals surface area contributed by atoms with Gasteiger partial charge in [0.15, 0.2) is 0 Å². The zero-order valence-corrected chi connectivity index (χ0v) is 17.2. The summed E-state index contributed by atoms with van der Waals surface area (Å²) in [5.41, 5.74) is -0.228. The van der Waals surface area contributed by atoms with Crippen LogP contribution in [0.15, 0.2) is 42.6 Å². The lowest BCUT2D eigenvalue weighted by Crippen LogP contribution is -2.52. The lowest BCUT2D eigenvalue weighted by Gasteiger charge is -2.44. The first-order valence-electron chi connectivity index (χ1n) is 10.1. The molecule has 4 rings (SSSR count). The topological polar surface area (TPSA) is 36.4 Å². The number of anilines is 1. The number of rotatable bonds is 3. The van der Waals surface area contributed by atoms with Crippen LogP contribution in [0.25, 0.3) is 0 Å². The Morgan fingerprint density at radius 3 is 2.27 bits per heavy atom. The molecule has 4 nitrogen and oxygen atoms in total. The predicted molar refractivity (Wildman–Crippen MR) is 110 cm³/mol. The Morgan fingerprint density at radius 1 is 0.967 bits per heavy atom. The summed E-state index contributed by atoms with van der Waals surface area (Å²) in [6.07, 6.45) is -0.115. The second-order valence-electron chi connectivity index (χ2n) is 7.98. The molecule has 1 saturated heterocycles. The van der Waals surface area contributed by atoms with Gasteiger partial charge in [0.25, 0.3) is 0 Å². The predicted octanol–water partition coefficient (Wildman–Crippen LogP) is 4.91. The van der Waals surface area contributed by atoms with Gasteiger partial charge in [-0.15, -0.1) is 0 Å². The number of benzene rings is 1. The molecule has 0 bridgehead atoms. The van der Waals surface area contributed by atoms with Crippen molar-refractivity contribution in [2.75, 3.05) is 31.1 Å². The van der Waals surface area contributed by atoms with Crippen molar-refractivity contribution in [3.63, 3.8) is 0 Å². The molecule has 0 spiro atoms. The maximum absolute atomic E-state index is 13.5. The van der Waals surface area contributed by atoms with Crippen LogP contribution in [0.5, 0.6) is 0 Å². The van der Waals surface area contributed by atoms with E-state index in [2.05, 4.69) is 4.98 Å². The third-order valence-corrected chi connectivity index (χ3v) is 6.45. The van der Waals surface area contributed by atoms with Gasteiger partial charge >= 0.3 is 6.18 Å². The molecule has 160 valence electrons.